The van der Waals surface area contributed by atoms with Gasteiger partial charge in [-0.3, -0.25) is 0 Å². The molecular formula is C13H27N3. The molecule has 2 fully saturated rings. The minimum Gasteiger partial charge on any atom is -0.314 e. The summed E-state index contributed by atoms with van der Waals surface area (Å²) < 4.78 is 0. The average molecular weight is 225 g/mol. The number of hydrogen-bond donors (Lipinski definition) is 1. The van der Waals surface area contributed by atoms with E-state index in [9.17, 15) is 0 Å². The van der Waals surface area contributed by atoms with Gasteiger partial charge in [-0.05, 0) is 31.8 Å². The van der Waals surface area contributed by atoms with Crippen molar-refractivity contribution >= 4 is 0 Å². The summed E-state index contributed by atoms with van der Waals surface area (Å²) in [5, 5.41) is 3.63. The second-order valence-corrected chi connectivity index (χ2v) is 5.52. The van der Waals surface area contributed by atoms with Crippen LogP contribution in [0.3, 0.4) is 0 Å². The third kappa shape index (κ3) is 4.04. The highest BCUT2D eigenvalue weighted by Gasteiger charge is 2.22. The van der Waals surface area contributed by atoms with Gasteiger partial charge >= 0.3 is 0 Å². The van der Waals surface area contributed by atoms with Crippen LogP contribution >= 0.6 is 0 Å². The zero-order valence-electron chi connectivity index (χ0n) is 10.9. The van der Waals surface area contributed by atoms with Crippen LogP contribution in [0.25, 0.3) is 0 Å². The van der Waals surface area contributed by atoms with Gasteiger partial charge in [0.2, 0.25) is 0 Å². The Morgan fingerprint density at radius 1 is 1.12 bits per heavy atom. The largest absolute Gasteiger partial charge is 0.314 e. The van der Waals surface area contributed by atoms with Crippen molar-refractivity contribution in [3.63, 3.8) is 0 Å². The molecule has 0 spiro atoms. The molecule has 3 nitrogen and oxygen atoms in total. The molecule has 0 radical (unpaired) electrons. The number of rotatable bonds is 6. The lowest BCUT2D eigenvalue weighted by Crippen LogP contribution is -2.48. The quantitative estimate of drug-likeness (QED) is 0.728. The number of nitrogens with zero attached hydrogens (tertiary/aromatic N) is 2. The molecule has 2 aliphatic rings. The predicted octanol–water partition coefficient (Wildman–Crippen LogP) is 1.01. The van der Waals surface area contributed by atoms with Gasteiger partial charge in [0.25, 0.3) is 0 Å². The Kier molecular flexibility index (Phi) is 4.62. The van der Waals surface area contributed by atoms with Crippen molar-refractivity contribution in [1.82, 2.24) is 15.1 Å². The van der Waals surface area contributed by atoms with E-state index < -0.39 is 0 Å². The van der Waals surface area contributed by atoms with Gasteiger partial charge in [0.1, 0.15) is 0 Å². The van der Waals surface area contributed by atoms with Crippen molar-refractivity contribution in [2.45, 2.75) is 32.7 Å². The second kappa shape index (κ2) is 5.99. The Bertz CT molecular complexity index is 195. The molecule has 1 saturated carbocycles. The standard InChI is InChI=1S/C13H27N3/c1-3-15-6-8-16(9-7-15)11-12(2)10-14-13-4-5-13/h12-14H,3-11H2,1-2H3. The molecule has 1 aliphatic carbocycles. The smallest absolute Gasteiger partial charge is 0.0110 e. The summed E-state index contributed by atoms with van der Waals surface area (Å²) in [4.78, 5) is 5.18. The number of likely N-dealkylation sites (N-methyl/N-ethyl adjacent to an activating group) is 1. The van der Waals surface area contributed by atoms with Crippen molar-refractivity contribution in [1.29, 1.82) is 0 Å². The lowest BCUT2D eigenvalue weighted by molar-refractivity contribution is 0.124. The fourth-order valence-corrected chi connectivity index (χ4v) is 2.45. The van der Waals surface area contributed by atoms with Gasteiger partial charge in [-0.15, -0.1) is 0 Å². The van der Waals surface area contributed by atoms with Gasteiger partial charge < -0.3 is 15.1 Å². The maximum atomic E-state index is 3.63. The molecule has 0 bridgehead atoms. The van der Waals surface area contributed by atoms with Gasteiger partial charge in [0.05, 0.1) is 0 Å². The van der Waals surface area contributed by atoms with Gasteiger partial charge in [-0.2, -0.15) is 0 Å². The minimum absolute atomic E-state index is 0.800. The molecule has 1 aliphatic heterocycles. The van der Waals surface area contributed by atoms with E-state index in [1.165, 1.54) is 58.7 Å². The third-order valence-corrected chi connectivity index (χ3v) is 3.81. The Labute approximate surface area is 100 Å². The minimum atomic E-state index is 0.800. The first-order chi connectivity index (χ1) is 7.78. The first kappa shape index (κ1) is 12.3. The fraction of sp³-hybridized carbons (Fsp3) is 1.00. The van der Waals surface area contributed by atoms with Gasteiger partial charge in [-0.1, -0.05) is 13.8 Å². The third-order valence-electron chi connectivity index (χ3n) is 3.81. The lowest BCUT2D eigenvalue weighted by Gasteiger charge is -2.35. The normalized spacial score (nSPS) is 25.9. The van der Waals surface area contributed by atoms with Crippen molar-refractivity contribution < 1.29 is 0 Å². The van der Waals surface area contributed by atoms with Crippen molar-refractivity contribution in [2.75, 3.05) is 45.8 Å². The topological polar surface area (TPSA) is 18.5 Å². The van der Waals surface area contributed by atoms with Crippen LogP contribution in [0.15, 0.2) is 0 Å². The highest BCUT2D eigenvalue weighted by molar-refractivity contribution is 4.82. The Hall–Kier alpha value is -0.120. The van der Waals surface area contributed by atoms with Gasteiger partial charge in [-0.25, -0.2) is 0 Å². The lowest BCUT2D eigenvalue weighted by atomic mass is 10.1. The maximum absolute atomic E-state index is 3.63. The Balaban J connectivity index is 1.57. The van der Waals surface area contributed by atoms with Crippen molar-refractivity contribution in [2.24, 2.45) is 5.92 Å². The van der Waals surface area contributed by atoms with E-state index in [1.54, 1.807) is 0 Å². The molecule has 1 heterocycles. The van der Waals surface area contributed by atoms with Gasteiger partial charge in [0, 0.05) is 38.8 Å². The SMILES string of the molecule is CCN1CCN(CC(C)CNC2CC2)CC1. The van der Waals surface area contributed by atoms with Crippen LogP contribution in [0.4, 0.5) is 0 Å². The molecule has 0 aromatic rings. The van der Waals surface area contributed by atoms with E-state index in [0.29, 0.717) is 0 Å². The summed E-state index contributed by atoms with van der Waals surface area (Å²) in [6.07, 6.45) is 2.81. The van der Waals surface area contributed by atoms with Crippen LogP contribution in [0.2, 0.25) is 0 Å². The summed E-state index contributed by atoms with van der Waals surface area (Å²) in [5.41, 5.74) is 0. The Morgan fingerprint density at radius 2 is 1.75 bits per heavy atom. The second-order valence-electron chi connectivity index (χ2n) is 5.52. The fourth-order valence-electron chi connectivity index (χ4n) is 2.45. The van der Waals surface area contributed by atoms with Crippen LogP contribution in [0.5, 0.6) is 0 Å². The molecule has 1 unspecified atom stereocenters. The molecule has 0 aromatic carbocycles. The molecule has 16 heavy (non-hydrogen) atoms. The van der Waals surface area contributed by atoms with E-state index in [2.05, 4.69) is 29.0 Å². The van der Waals surface area contributed by atoms with E-state index in [1.807, 2.05) is 0 Å². The first-order valence-corrected chi connectivity index (χ1v) is 6.96. The van der Waals surface area contributed by atoms with Crippen molar-refractivity contribution in [3.05, 3.63) is 0 Å². The maximum Gasteiger partial charge on any atom is 0.0110 e. The van der Waals surface area contributed by atoms with Crippen LogP contribution in [0.1, 0.15) is 26.7 Å². The van der Waals surface area contributed by atoms with E-state index >= 15 is 0 Å². The van der Waals surface area contributed by atoms with Crippen LogP contribution in [-0.4, -0.2) is 61.7 Å². The summed E-state index contributed by atoms with van der Waals surface area (Å²) in [6.45, 7) is 13.4. The molecule has 0 amide bonds. The molecule has 1 saturated heterocycles. The van der Waals surface area contributed by atoms with Crippen LogP contribution in [-0.2, 0) is 0 Å². The summed E-state index contributed by atoms with van der Waals surface area (Å²) in [5.74, 6) is 0.800. The van der Waals surface area contributed by atoms with Crippen LogP contribution in [0, 0.1) is 5.92 Å². The molecule has 94 valence electrons. The van der Waals surface area contributed by atoms with Gasteiger partial charge in [0.15, 0.2) is 0 Å². The monoisotopic (exact) mass is 225 g/mol. The molecule has 2 rings (SSSR count). The zero-order valence-corrected chi connectivity index (χ0v) is 10.9. The Morgan fingerprint density at radius 3 is 2.31 bits per heavy atom. The van der Waals surface area contributed by atoms with E-state index in [0.717, 1.165) is 12.0 Å². The number of nitrogens with one attached hydrogen (secondary N) is 1. The van der Waals surface area contributed by atoms with E-state index in [-0.39, 0.29) is 0 Å². The molecular weight excluding hydrogens is 198 g/mol. The van der Waals surface area contributed by atoms with Crippen LogP contribution < -0.4 is 5.32 Å². The first-order valence-electron chi connectivity index (χ1n) is 6.96. The number of hydrogen-bond acceptors (Lipinski definition) is 3. The predicted molar refractivity (Wildman–Crippen MR) is 68.7 cm³/mol. The highest BCUT2D eigenvalue weighted by atomic mass is 15.3. The summed E-state index contributed by atoms with van der Waals surface area (Å²) >= 11 is 0. The summed E-state index contributed by atoms with van der Waals surface area (Å²) in [6, 6.07) is 0.861. The molecule has 0 aromatic heterocycles. The highest BCUT2D eigenvalue weighted by Crippen LogP contribution is 2.18. The zero-order chi connectivity index (χ0) is 11.4. The molecule has 1 N–H and O–H groups in total. The average Bonchev–Trinajstić information content (AvgIpc) is 3.11. The van der Waals surface area contributed by atoms with Crippen molar-refractivity contribution in [3.8, 4) is 0 Å². The number of piperazine rings is 1. The summed E-state index contributed by atoms with van der Waals surface area (Å²) in [7, 11) is 0. The molecule has 3 heteroatoms. The van der Waals surface area contributed by atoms with E-state index in [4.69, 9.17) is 0 Å². The molecule has 1 atom stereocenters.